The van der Waals surface area contributed by atoms with E-state index in [1.165, 1.54) is 9.58 Å². The van der Waals surface area contributed by atoms with Crippen molar-refractivity contribution in [1.82, 2.24) is 30.1 Å². The quantitative estimate of drug-likeness (QED) is 0.694. The molecule has 14 heteroatoms. The van der Waals surface area contributed by atoms with Gasteiger partial charge in [-0.3, -0.25) is 14.6 Å². The van der Waals surface area contributed by atoms with E-state index in [0.29, 0.717) is 25.2 Å². The van der Waals surface area contributed by atoms with Gasteiger partial charge in [0.2, 0.25) is 5.91 Å². The largest absolute Gasteiger partial charge is 0.490 e. The van der Waals surface area contributed by atoms with Crippen LogP contribution in [0, 0.1) is 0 Å². The van der Waals surface area contributed by atoms with Crippen molar-refractivity contribution in [2.24, 2.45) is 0 Å². The van der Waals surface area contributed by atoms with Gasteiger partial charge < -0.3 is 15.1 Å². The van der Waals surface area contributed by atoms with E-state index in [1.54, 1.807) is 6.20 Å². The number of carbonyl (C=O) groups excluding carboxylic acids is 1. The monoisotopic (exact) mass is 416 g/mol. The molecule has 0 spiro atoms. The molecule has 29 heavy (non-hydrogen) atoms. The van der Waals surface area contributed by atoms with E-state index >= 15 is 0 Å². The van der Waals surface area contributed by atoms with Crippen molar-refractivity contribution < 1.29 is 37.8 Å². The molecule has 0 radical (unpaired) electrons. The molecule has 2 aromatic rings. The minimum atomic E-state index is -5.08. The molecule has 3 heterocycles. The number of tetrazole rings is 1. The summed E-state index contributed by atoms with van der Waals surface area (Å²) >= 11 is 0. The molecule has 0 aromatic carbocycles. The van der Waals surface area contributed by atoms with Crippen molar-refractivity contribution in [2.45, 2.75) is 25.1 Å². The molecule has 1 saturated heterocycles. The molecule has 11 nitrogen and oxygen atoms in total. The summed E-state index contributed by atoms with van der Waals surface area (Å²) in [6.45, 7) is 0.0890. The normalized spacial score (nSPS) is 16.3. The van der Waals surface area contributed by atoms with Crippen LogP contribution in [0.15, 0.2) is 24.4 Å². The fourth-order valence-electron chi connectivity index (χ4n) is 2.51. The van der Waals surface area contributed by atoms with Crippen LogP contribution in [0.25, 0.3) is 0 Å². The molecule has 2 N–H and O–H groups in total. The maximum Gasteiger partial charge on any atom is 0.490 e. The molecule has 1 atom stereocenters. The molecule has 0 saturated carbocycles. The number of alkyl halides is 3. The van der Waals surface area contributed by atoms with Gasteiger partial charge in [-0.2, -0.15) is 13.2 Å². The predicted molar refractivity (Wildman–Crippen MR) is 86.4 cm³/mol. The van der Waals surface area contributed by atoms with Gasteiger partial charge in [-0.25, -0.2) is 9.48 Å². The number of hydrogen-bond donors (Lipinski definition) is 2. The number of carboxylic acid groups (broad SMARTS) is 2. The van der Waals surface area contributed by atoms with Crippen LogP contribution >= 0.6 is 0 Å². The Morgan fingerprint density at radius 3 is 2.48 bits per heavy atom. The van der Waals surface area contributed by atoms with Crippen molar-refractivity contribution in [3.8, 4) is 0 Å². The molecular formula is C15H15F3N6O5. The van der Waals surface area contributed by atoms with Crippen molar-refractivity contribution in [3.63, 3.8) is 0 Å². The molecule has 1 fully saturated rings. The molecule has 0 aliphatic carbocycles. The highest BCUT2D eigenvalue weighted by molar-refractivity contribution is 5.86. The van der Waals surface area contributed by atoms with Gasteiger partial charge in [0.05, 0.1) is 6.42 Å². The third-order valence-electron chi connectivity index (χ3n) is 3.76. The van der Waals surface area contributed by atoms with Crippen LogP contribution in [0.3, 0.4) is 0 Å². The number of halogens is 3. The number of hydrogen-bond acceptors (Lipinski definition) is 7. The summed E-state index contributed by atoms with van der Waals surface area (Å²) in [6, 6.07) is 4.99. The highest BCUT2D eigenvalue weighted by Gasteiger charge is 2.38. The molecule has 1 aliphatic rings. The molecule has 1 aliphatic heterocycles. The summed E-state index contributed by atoms with van der Waals surface area (Å²) in [5, 5.41) is 27.4. The number of aromatic nitrogens is 5. The first-order chi connectivity index (χ1) is 13.6. The minimum Gasteiger partial charge on any atom is -0.480 e. The lowest BCUT2D eigenvalue weighted by Crippen LogP contribution is -2.33. The van der Waals surface area contributed by atoms with Crippen LogP contribution in [-0.4, -0.2) is 77.4 Å². The van der Waals surface area contributed by atoms with Crippen LogP contribution in [0.2, 0.25) is 0 Å². The van der Waals surface area contributed by atoms with Gasteiger partial charge in [0.25, 0.3) is 0 Å². The zero-order valence-electron chi connectivity index (χ0n) is 14.7. The second-order valence-electron chi connectivity index (χ2n) is 5.80. The maximum absolute atomic E-state index is 12.3. The Kier molecular flexibility index (Phi) is 6.80. The van der Waals surface area contributed by atoms with E-state index in [1.807, 2.05) is 18.2 Å². The van der Waals surface area contributed by atoms with E-state index < -0.39 is 24.2 Å². The number of aliphatic carboxylic acids is 2. The lowest BCUT2D eigenvalue weighted by atomic mass is 10.2. The average molecular weight is 416 g/mol. The number of carbonyl (C=O) groups is 3. The van der Waals surface area contributed by atoms with Crippen LogP contribution in [-0.2, 0) is 20.8 Å². The summed E-state index contributed by atoms with van der Waals surface area (Å²) in [5.41, 5.74) is 0.798. The van der Waals surface area contributed by atoms with Crippen LogP contribution in [0.5, 0.6) is 0 Å². The number of amides is 1. The fourth-order valence-corrected chi connectivity index (χ4v) is 2.51. The van der Waals surface area contributed by atoms with Crippen molar-refractivity contribution in [3.05, 3.63) is 35.9 Å². The molecule has 156 valence electrons. The summed E-state index contributed by atoms with van der Waals surface area (Å²) < 4.78 is 33.2. The second-order valence-corrected chi connectivity index (χ2v) is 5.80. The van der Waals surface area contributed by atoms with Gasteiger partial charge in [0, 0.05) is 18.4 Å². The standard InChI is InChI=1S/C13H14N6O3.C2HF3O2/c20-12(21)8-18-6-4-10(13(18)22)19-11(15-16-17-19)7-9-3-1-2-5-14-9;3-2(4,5)1(6)7/h1-3,5,10H,4,6-8H2,(H,20,21);(H,6,7). The minimum absolute atomic E-state index is 0.267. The van der Waals surface area contributed by atoms with Crippen molar-refractivity contribution in [1.29, 1.82) is 0 Å². The van der Waals surface area contributed by atoms with Crippen LogP contribution in [0.1, 0.15) is 24.0 Å². The van der Waals surface area contributed by atoms with E-state index in [0.717, 1.165) is 5.69 Å². The van der Waals surface area contributed by atoms with Crippen LogP contribution in [0.4, 0.5) is 13.2 Å². The molecule has 0 bridgehead atoms. The number of rotatable bonds is 5. The fraction of sp³-hybridized carbons (Fsp3) is 0.400. The summed E-state index contributed by atoms with van der Waals surface area (Å²) in [5.74, 6) is -3.52. The predicted octanol–water partition coefficient (Wildman–Crippen LogP) is 0.150. The Hall–Kier alpha value is -3.58. The Labute approximate surface area is 160 Å². The molecule has 1 unspecified atom stereocenters. The zero-order valence-corrected chi connectivity index (χ0v) is 14.7. The van der Waals surface area contributed by atoms with Gasteiger partial charge in [-0.05, 0) is 29.0 Å². The summed E-state index contributed by atoms with van der Waals surface area (Å²) in [7, 11) is 0. The maximum atomic E-state index is 12.3. The SMILES string of the molecule is O=C(O)C(F)(F)F.O=C(O)CN1CCC(n2nnnc2Cc2ccccn2)C1=O. The lowest BCUT2D eigenvalue weighted by molar-refractivity contribution is -0.192. The van der Waals surface area contributed by atoms with Gasteiger partial charge in [0.1, 0.15) is 12.6 Å². The third-order valence-corrected chi connectivity index (χ3v) is 3.76. The number of carboxylic acids is 2. The number of likely N-dealkylation sites (tertiary alicyclic amines) is 1. The molecule has 2 aromatic heterocycles. The topological polar surface area (TPSA) is 151 Å². The number of pyridine rings is 1. The Balaban J connectivity index is 0.000000370. The second kappa shape index (κ2) is 9.07. The van der Waals surface area contributed by atoms with Crippen molar-refractivity contribution in [2.75, 3.05) is 13.1 Å². The zero-order chi connectivity index (χ0) is 21.6. The smallest absolute Gasteiger partial charge is 0.480 e. The van der Waals surface area contributed by atoms with Gasteiger partial charge >= 0.3 is 18.1 Å². The first-order valence-corrected chi connectivity index (χ1v) is 8.07. The molecule has 3 rings (SSSR count). The first kappa shape index (κ1) is 21.7. The average Bonchev–Trinajstić information content (AvgIpc) is 3.22. The number of nitrogens with zero attached hydrogens (tertiary/aromatic N) is 6. The van der Waals surface area contributed by atoms with Crippen LogP contribution < -0.4 is 0 Å². The molecule has 1 amide bonds. The van der Waals surface area contributed by atoms with E-state index in [-0.39, 0.29) is 12.5 Å². The lowest BCUT2D eigenvalue weighted by Gasteiger charge is -2.14. The highest BCUT2D eigenvalue weighted by Crippen LogP contribution is 2.23. The first-order valence-electron chi connectivity index (χ1n) is 8.07. The Morgan fingerprint density at radius 1 is 1.24 bits per heavy atom. The Morgan fingerprint density at radius 2 is 1.93 bits per heavy atom. The highest BCUT2D eigenvalue weighted by atomic mass is 19.4. The van der Waals surface area contributed by atoms with Gasteiger partial charge in [0.15, 0.2) is 5.82 Å². The van der Waals surface area contributed by atoms with E-state index in [9.17, 15) is 22.8 Å². The van der Waals surface area contributed by atoms with Crippen molar-refractivity contribution >= 4 is 17.8 Å². The van der Waals surface area contributed by atoms with Gasteiger partial charge in [-0.1, -0.05) is 6.07 Å². The summed E-state index contributed by atoms with van der Waals surface area (Å²) in [6.07, 6.45) is -2.50. The third kappa shape index (κ3) is 5.95. The summed E-state index contributed by atoms with van der Waals surface area (Å²) in [4.78, 5) is 37.4. The van der Waals surface area contributed by atoms with E-state index in [4.69, 9.17) is 15.0 Å². The molecular weight excluding hydrogens is 401 g/mol. The van der Waals surface area contributed by atoms with E-state index in [2.05, 4.69) is 20.5 Å². The van der Waals surface area contributed by atoms with Gasteiger partial charge in [-0.15, -0.1) is 5.10 Å². The Bertz CT molecular complexity index is 873.